The summed E-state index contributed by atoms with van der Waals surface area (Å²) in [5.41, 5.74) is 1.19. The molecule has 0 aliphatic carbocycles. The largest absolute Gasteiger partial charge is 0.493 e. The lowest BCUT2D eigenvalue weighted by Gasteiger charge is -2.35. The Balaban J connectivity index is 1.82. The molecular formula is C21H33N3O2. The average molecular weight is 360 g/mol. The molecular weight excluding hydrogens is 326 g/mol. The van der Waals surface area contributed by atoms with Crippen LogP contribution in [0.15, 0.2) is 18.2 Å². The molecule has 5 heteroatoms. The first-order valence-corrected chi connectivity index (χ1v) is 9.75. The van der Waals surface area contributed by atoms with Gasteiger partial charge in [0.1, 0.15) is 0 Å². The first-order chi connectivity index (χ1) is 12.6. The lowest BCUT2D eigenvalue weighted by molar-refractivity contribution is 0.138. The van der Waals surface area contributed by atoms with Crippen LogP contribution in [-0.4, -0.2) is 44.3 Å². The number of benzene rings is 1. The third-order valence-corrected chi connectivity index (χ3v) is 4.96. The highest BCUT2D eigenvalue weighted by molar-refractivity contribution is 5.42. The van der Waals surface area contributed by atoms with Gasteiger partial charge in [0.15, 0.2) is 11.5 Å². The van der Waals surface area contributed by atoms with Crippen LogP contribution in [-0.2, 0) is 6.54 Å². The van der Waals surface area contributed by atoms with Gasteiger partial charge < -0.3 is 19.7 Å². The number of methoxy groups -OCH3 is 1. The molecule has 0 amide bonds. The van der Waals surface area contributed by atoms with Crippen LogP contribution in [0.25, 0.3) is 0 Å². The first-order valence-electron chi connectivity index (χ1n) is 9.75. The standard InChI is InChI=1S/C21H33N3O2/c1-17(2)24-11-6-7-19(16-24)15-23-14-18-8-9-20(25-3)21(13-18)26-12-5-4-10-22/h8-9,13,17,19,23H,4-7,11-12,14-16H2,1-3H3. The minimum atomic E-state index is 0.512. The molecule has 1 unspecified atom stereocenters. The number of hydrogen-bond acceptors (Lipinski definition) is 5. The number of rotatable bonds is 10. The molecule has 0 aromatic heterocycles. The summed E-state index contributed by atoms with van der Waals surface area (Å²) in [6, 6.07) is 8.85. The maximum absolute atomic E-state index is 8.62. The predicted molar refractivity (Wildman–Crippen MR) is 104 cm³/mol. The Morgan fingerprint density at radius 1 is 1.35 bits per heavy atom. The summed E-state index contributed by atoms with van der Waals surface area (Å²) in [5.74, 6) is 2.23. The number of nitrogens with zero attached hydrogens (tertiary/aromatic N) is 2. The van der Waals surface area contributed by atoms with Crippen molar-refractivity contribution in [3.05, 3.63) is 23.8 Å². The molecule has 1 atom stereocenters. The highest BCUT2D eigenvalue weighted by Crippen LogP contribution is 2.28. The van der Waals surface area contributed by atoms with Crippen LogP contribution in [0, 0.1) is 17.2 Å². The second-order valence-corrected chi connectivity index (χ2v) is 7.32. The van der Waals surface area contributed by atoms with Crippen molar-refractivity contribution in [2.45, 2.75) is 52.1 Å². The zero-order valence-corrected chi connectivity index (χ0v) is 16.5. The quantitative estimate of drug-likeness (QED) is 0.647. The summed E-state index contributed by atoms with van der Waals surface area (Å²) in [7, 11) is 1.65. The van der Waals surface area contributed by atoms with Crippen molar-refractivity contribution in [3.63, 3.8) is 0 Å². The van der Waals surface area contributed by atoms with E-state index in [0.717, 1.165) is 36.9 Å². The lowest BCUT2D eigenvalue weighted by atomic mass is 9.97. The van der Waals surface area contributed by atoms with Gasteiger partial charge in [-0.2, -0.15) is 5.26 Å². The molecule has 1 aromatic rings. The summed E-state index contributed by atoms with van der Waals surface area (Å²) >= 11 is 0. The number of ether oxygens (including phenoxy) is 2. The van der Waals surface area contributed by atoms with E-state index in [4.69, 9.17) is 14.7 Å². The molecule has 1 aliphatic rings. The zero-order chi connectivity index (χ0) is 18.8. The second-order valence-electron chi connectivity index (χ2n) is 7.32. The highest BCUT2D eigenvalue weighted by atomic mass is 16.5. The molecule has 0 radical (unpaired) electrons. The maximum Gasteiger partial charge on any atom is 0.161 e. The van der Waals surface area contributed by atoms with Crippen molar-refractivity contribution < 1.29 is 9.47 Å². The Labute approximate surface area is 158 Å². The van der Waals surface area contributed by atoms with Gasteiger partial charge in [0.2, 0.25) is 0 Å². The Morgan fingerprint density at radius 2 is 2.19 bits per heavy atom. The van der Waals surface area contributed by atoms with E-state index in [0.29, 0.717) is 19.1 Å². The van der Waals surface area contributed by atoms with Crippen molar-refractivity contribution in [2.75, 3.05) is 33.4 Å². The molecule has 1 N–H and O–H groups in total. The molecule has 1 saturated heterocycles. The number of nitrogens with one attached hydrogen (secondary N) is 1. The van der Waals surface area contributed by atoms with Crippen LogP contribution in [0.4, 0.5) is 0 Å². The highest BCUT2D eigenvalue weighted by Gasteiger charge is 2.21. The number of hydrogen-bond donors (Lipinski definition) is 1. The van der Waals surface area contributed by atoms with E-state index in [2.05, 4.69) is 36.2 Å². The third kappa shape index (κ3) is 6.51. The van der Waals surface area contributed by atoms with Gasteiger partial charge in [-0.1, -0.05) is 6.07 Å². The monoisotopic (exact) mass is 359 g/mol. The van der Waals surface area contributed by atoms with Crippen LogP contribution in [0.2, 0.25) is 0 Å². The van der Waals surface area contributed by atoms with Gasteiger partial charge in [-0.05, 0) is 69.8 Å². The van der Waals surface area contributed by atoms with Gasteiger partial charge in [0.25, 0.3) is 0 Å². The Morgan fingerprint density at radius 3 is 2.92 bits per heavy atom. The third-order valence-electron chi connectivity index (χ3n) is 4.96. The molecule has 5 nitrogen and oxygen atoms in total. The number of nitriles is 1. The summed E-state index contributed by atoms with van der Waals surface area (Å²) in [6.45, 7) is 9.41. The summed E-state index contributed by atoms with van der Waals surface area (Å²) < 4.78 is 11.2. The predicted octanol–water partition coefficient (Wildman–Crippen LogP) is 3.59. The van der Waals surface area contributed by atoms with Gasteiger partial charge >= 0.3 is 0 Å². The minimum absolute atomic E-state index is 0.512. The zero-order valence-electron chi connectivity index (χ0n) is 16.5. The molecule has 1 fully saturated rings. The number of unbranched alkanes of at least 4 members (excludes halogenated alkanes) is 1. The van der Waals surface area contributed by atoms with Crippen LogP contribution >= 0.6 is 0 Å². The average Bonchev–Trinajstić information content (AvgIpc) is 2.65. The Bertz CT molecular complexity index is 583. The summed E-state index contributed by atoms with van der Waals surface area (Å²) in [5, 5.41) is 12.2. The molecule has 1 aromatic carbocycles. The van der Waals surface area contributed by atoms with Gasteiger partial charge in [0.05, 0.1) is 19.8 Å². The fraction of sp³-hybridized carbons (Fsp3) is 0.667. The molecule has 0 spiro atoms. The molecule has 0 bridgehead atoms. The lowest BCUT2D eigenvalue weighted by Crippen LogP contribution is -2.42. The fourth-order valence-corrected chi connectivity index (χ4v) is 3.43. The molecule has 0 saturated carbocycles. The fourth-order valence-electron chi connectivity index (χ4n) is 3.43. The van der Waals surface area contributed by atoms with Crippen molar-refractivity contribution in [3.8, 4) is 17.6 Å². The first kappa shape index (κ1) is 20.5. The van der Waals surface area contributed by atoms with Crippen molar-refractivity contribution in [2.24, 2.45) is 5.92 Å². The van der Waals surface area contributed by atoms with Gasteiger partial charge in [-0.3, -0.25) is 0 Å². The molecule has 26 heavy (non-hydrogen) atoms. The van der Waals surface area contributed by atoms with Crippen molar-refractivity contribution >= 4 is 0 Å². The maximum atomic E-state index is 8.62. The number of piperidine rings is 1. The Kier molecular flexibility index (Phi) is 8.73. The van der Waals surface area contributed by atoms with Crippen LogP contribution in [0.5, 0.6) is 11.5 Å². The SMILES string of the molecule is COc1ccc(CNCC2CCCN(C(C)C)C2)cc1OCCCC#N. The van der Waals surface area contributed by atoms with Crippen molar-refractivity contribution in [1.82, 2.24) is 10.2 Å². The van der Waals surface area contributed by atoms with E-state index in [-0.39, 0.29) is 0 Å². The van der Waals surface area contributed by atoms with E-state index in [1.54, 1.807) is 7.11 Å². The van der Waals surface area contributed by atoms with Gasteiger partial charge in [0, 0.05) is 25.6 Å². The van der Waals surface area contributed by atoms with E-state index in [1.807, 2.05) is 12.1 Å². The minimum Gasteiger partial charge on any atom is -0.493 e. The van der Waals surface area contributed by atoms with Gasteiger partial charge in [-0.25, -0.2) is 0 Å². The smallest absolute Gasteiger partial charge is 0.161 e. The molecule has 144 valence electrons. The normalized spacial score (nSPS) is 17.9. The van der Waals surface area contributed by atoms with E-state index >= 15 is 0 Å². The molecule has 1 heterocycles. The summed E-state index contributed by atoms with van der Waals surface area (Å²) in [6.07, 6.45) is 3.86. The molecule has 2 rings (SSSR count). The van der Waals surface area contributed by atoms with E-state index < -0.39 is 0 Å². The second kappa shape index (κ2) is 11.1. The summed E-state index contributed by atoms with van der Waals surface area (Å²) in [4.78, 5) is 2.58. The Hall–Kier alpha value is -1.77. The van der Waals surface area contributed by atoms with E-state index in [9.17, 15) is 0 Å². The van der Waals surface area contributed by atoms with Crippen molar-refractivity contribution in [1.29, 1.82) is 5.26 Å². The van der Waals surface area contributed by atoms with Gasteiger partial charge in [-0.15, -0.1) is 0 Å². The van der Waals surface area contributed by atoms with Crippen LogP contribution < -0.4 is 14.8 Å². The number of likely N-dealkylation sites (tertiary alicyclic amines) is 1. The van der Waals surface area contributed by atoms with E-state index in [1.165, 1.54) is 31.5 Å². The van der Waals surface area contributed by atoms with Crippen LogP contribution in [0.1, 0.15) is 45.1 Å². The topological polar surface area (TPSA) is 57.5 Å². The molecule has 1 aliphatic heterocycles. The van der Waals surface area contributed by atoms with Crippen LogP contribution in [0.3, 0.4) is 0 Å².